The standard InChI is InChI=1S/C16H17NO5/c1-20-11-7-5-10(6-8-11)17-9-3-4-12-13(16(19)21-2)14(22-12)15(17)18/h3-8,12-14H,9H2,1-2H3/b4-3-/t12-,13+,14-/m0/s1. The predicted molar refractivity (Wildman–Crippen MR) is 78.7 cm³/mol. The number of hydrogen-bond acceptors (Lipinski definition) is 5. The van der Waals surface area contributed by atoms with Crippen LogP contribution >= 0.6 is 0 Å². The lowest BCUT2D eigenvalue weighted by Crippen LogP contribution is -2.61. The molecule has 3 atom stereocenters. The van der Waals surface area contributed by atoms with Crippen LogP contribution < -0.4 is 9.64 Å². The quantitative estimate of drug-likeness (QED) is 0.619. The van der Waals surface area contributed by atoms with Gasteiger partial charge in [0.2, 0.25) is 0 Å². The minimum absolute atomic E-state index is 0.235. The number of amides is 1. The molecule has 1 fully saturated rings. The van der Waals surface area contributed by atoms with Gasteiger partial charge in [-0.3, -0.25) is 9.59 Å². The van der Waals surface area contributed by atoms with Gasteiger partial charge >= 0.3 is 5.97 Å². The van der Waals surface area contributed by atoms with Crippen LogP contribution in [0.2, 0.25) is 0 Å². The lowest BCUT2D eigenvalue weighted by Gasteiger charge is -2.43. The Morgan fingerprint density at radius 1 is 1.27 bits per heavy atom. The number of rotatable bonds is 3. The van der Waals surface area contributed by atoms with Crippen molar-refractivity contribution < 1.29 is 23.8 Å². The molecule has 6 nitrogen and oxygen atoms in total. The molecule has 6 heteroatoms. The van der Waals surface area contributed by atoms with E-state index in [9.17, 15) is 9.59 Å². The summed E-state index contributed by atoms with van der Waals surface area (Å²) < 4.78 is 15.4. The summed E-state index contributed by atoms with van der Waals surface area (Å²) in [6.45, 7) is 0.440. The normalized spacial score (nSPS) is 28.2. The molecule has 1 amide bonds. The van der Waals surface area contributed by atoms with E-state index >= 15 is 0 Å². The van der Waals surface area contributed by atoms with Gasteiger partial charge in [-0.1, -0.05) is 12.2 Å². The summed E-state index contributed by atoms with van der Waals surface area (Å²) in [6, 6.07) is 7.17. The fraction of sp³-hybridized carbons (Fsp3) is 0.375. The molecule has 1 aromatic rings. The van der Waals surface area contributed by atoms with E-state index in [1.807, 2.05) is 6.08 Å². The highest BCUT2D eigenvalue weighted by atomic mass is 16.6. The van der Waals surface area contributed by atoms with E-state index in [-0.39, 0.29) is 12.0 Å². The van der Waals surface area contributed by atoms with Crippen LogP contribution in [0, 0.1) is 5.92 Å². The smallest absolute Gasteiger partial charge is 0.314 e. The SMILES string of the molecule is COC(=O)[C@@H]1[C@@H]2/C=C\CN(c3ccc(OC)cc3)C(=O)[C@H]1O2. The second-order valence-corrected chi connectivity index (χ2v) is 5.15. The third-order valence-electron chi connectivity index (χ3n) is 3.96. The summed E-state index contributed by atoms with van der Waals surface area (Å²) in [5, 5.41) is 0. The largest absolute Gasteiger partial charge is 0.497 e. The molecule has 0 unspecified atom stereocenters. The maximum atomic E-state index is 12.6. The van der Waals surface area contributed by atoms with Gasteiger partial charge in [-0.25, -0.2) is 0 Å². The Balaban J connectivity index is 1.87. The molecule has 1 saturated heterocycles. The van der Waals surface area contributed by atoms with Crippen LogP contribution in [0.4, 0.5) is 5.69 Å². The Hall–Kier alpha value is -2.34. The van der Waals surface area contributed by atoms with Gasteiger partial charge in [-0.05, 0) is 24.3 Å². The van der Waals surface area contributed by atoms with Crippen molar-refractivity contribution in [3.63, 3.8) is 0 Å². The number of anilines is 1. The van der Waals surface area contributed by atoms with Crippen molar-refractivity contribution in [2.45, 2.75) is 12.2 Å². The van der Waals surface area contributed by atoms with Crippen LogP contribution in [-0.2, 0) is 19.1 Å². The number of carbonyl (C=O) groups is 2. The zero-order chi connectivity index (χ0) is 15.7. The molecule has 116 valence electrons. The summed E-state index contributed by atoms with van der Waals surface area (Å²) in [6.07, 6.45) is 2.48. The van der Waals surface area contributed by atoms with Crippen molar-refractivity contribution in [2.24, 2.45) is 5.92 Å². The molecule has 0 aliphatic carbocycles. The minimum atomic E-state index is -0.787. The number of fused-ring (bicyclic) bond motifs is 3. The average Bonchev–Trinajstić information content (AvgIpc) is 2.50. The van der Waals surface area contributed by atoms with Gasteiger partial charge < -0.3 is 19.1 Å². The number of carbonyl (C=O) groups excluding carboxylic acids is 2. The summed E-state index contributed by atoms with van der Waals surface area (Å²) in [5.74, 6) is -0.516. The van der Waals surface area contributed by atoms with Crippen molar-refractivity contribution in [1.29, 1.82) is 0 Å². The number of benzene rings is 1. The zero-order valence-electron chi connectivity index (χ0n) is 12.4. The molecule has 0 radical (unpaired) electrons. The lowest BCUT2D eigenvalue weighted by atomic mass is 9.86. The molecular weight excluding hydrogens is 286 g/mol. The number of methoxy groups -OCH3 is 2. The van der Waals surface area contributed by atoms with Crippen molar-refractivity contribution in [1.82, 2.24) is 0 Å². The summed E-state index contributed by atoms with van der Waals surface area (Å²) in [7, 11) is 2.90. The number of ether oxygens (including phenoxy) is 3. The topological polar surface area (TPSA) is 65.1 Å². The van der Waals surface area contributed by atoms with E-state index in [0.29, 0.717) is 12.3 Å². The molecule has 1 aromatic carbocycles. The molecule has 4 rings (SSSR count). The highest BCUT2D eigenvalue weighted by Crippen LogP contribution is 2.35. The van der Waals surface area contributed by atoms with Crippen LogP contribution in [0.25, 0.3) is 0 Å². The zero-order valence-corrected chi connectivity index (χ0v) is 12.4. The Labute approximate surface area is 128 Å². The van der Waals surface area contributed by atoms with E-state index in [1.165, 1.54) is 7.11 Å². The second kappa shape index (κ2) is 5.81. The van der Waals surface area contributed by atoms with Gasteiger partial charge in [0.05, 0.1) is 20.3 Å². The third-order valence-corrected chi connectivity index (χ3v) is 3.96. The van der Waals surface area contributed by atoms with Gasteiger partial charge in [-0.15, -0.1) is 0 Å². The highest BCUT2D eigenvalue weighted by molar-refractivity contribution is 6.00. The lowest BCUT2D eigenvalue weighted by molar-refractivity contribution is -0.196. The predicted octanol–water partition coefficient (Wildman–Crippen LogP) is 1.15. The molecule has 0 aromatic heterocycles. The van der Waals surface area contributed by atoms with E-state index in [2.05, 4.69) is 0 Å². The number of hydrogen-bond donors (Lipinski definition) is 0. The molecular formula is C16H17NO5. The fourth-order valence-electron chi connectivity index (χ4n) is 2.73. The third kappa shape index (κ3) is 2.35. The average molecular weight is 303 g/mol. The maximum absolute atomic E-state index is 12.6. The van der Waals surface area contributed by atoms with Gasteiger partial charge in [0.25, 0.3) is 5.91 Å². The van der Waals surface area contributed by atoms with Crippen molar-refractivity contribution >= 4 is 17.6 Å². The van der Waals surface area contributed by atoms with Crippen LogP contribution in [-0.4, -0.2) is 44.8 Å². The summed E-state index contributed by atoms with van der Waals surface area (Å²) >= 11 is 0. The molecule has 0 N–H and O–H groups in total. The first-order valence-electron chi connectivity index (χ1n) is 7.01. The first-order chi connectivity index (χ1) is 10.7. The molecule has 3 heterocycles. The fourth-order valence-corrected chi connectivity index (χ4v) is 2.73. The van der Waals surface area contributed by atoms with Gasteiger partial charge in [-0.2, -0.15) is 0 Å². The van der Waals surface area contributed by atoms with Crippen LogP contribution in [0.3, 0.4) is 0 Å². The number of nitrogens with zero attached hydrogens (tertiary/aromatic N) is 1. The van der Waals surface area contributed by atoms with E-state index in [4.69, 9.17) is 14.2 Å². The van der Waals surface area contributed by atoms with Gasteiger partial charge in [0, 0.05) is 12.2 Å². The van der Waals surface area contributed by atoms with Crippen molar-refractivity contribution in [3.8, 4) is 5.75 Å². The first-order valence-corrected chi connectivity index (χ1v) is 7.01. The molecule has 22 heavy (non-hydrogen) atoms. The molecule has 3 aliphatic heterocycles. The Bertz CT molecular complexity index is 609. The Kier molecular flexibility index (Phi) is 3.85. The maximum Gasteiger partial charge on any atom is 0.314 e. The molecule has 2 bridgehead atoms. The van der Waals surface area contributed by atoms with E-state index < -0.39 is 18.0 Å². The van der Waals surface area contributed by atoms with Crippen molar-refractivity contribution in [2.75, 3.05) is 25.7 Å². The summed E-state index contributed by atoms with van der Waals surface area (Å²) in [4.78, 5) is 26.1. The van der Waals surface area contributed by atoms with E-state index in [0.717, 1.165) is 5.69 Å². The van der Waals surface area contributed by atoms with Gasteiger partial charge in [0.1, 0.15) is 11.7 Å². The monoisotopic (exact) mass is 303 g/mol. The van der Waals surface area contributed by atoms with E-state index in [1.54, 1.807) is 42.4 Å². The minimum Gasteiger partial charge on any atom is -0.497 e. The first kappa shape index (κ1) is 14.6. The second-order valence-electron chi connectivity index (χ2n) is 5.15. The Morgan fingerprint density at radius 2 is 2.00 bits per heavy atom. The molecule has 0 saturated carbocycles. The van der Waals surface area contributed by atoms with Crippen LogP contribution in [0.15, 0.2) is 36.4 Å². The van der Waals surface area contributed by atoms with Gasteiger partial charge in [0.15, 0.2) is 6.10 Å². The molecule has 0 spiro atoms. The number of esters is 1. The molecule has 3 aliphatic rings. The van der Waals surface area contributed by atoms with Crippen LogP contribution in [0.5, 0.6) is 5.75 Å². The van der Waals surface area contributed by atoms with Crippen molar-refractivity contribution in [3.05, 3.63) is 36.4 Å². The Morgan fingerprint density at radius 3 is 2.64 bits per heavy atom. The highest BCUT2D eigenvalue weighted by Gasteiger charge is 2.52. The summed E-state index contributed by atoms with van der Waals surface area (Å²) in [5.41, 5.74) is 0.730. The van der Waals surface area contributed by atoms with Crippen LogP contribution in [0.1, 0.15) is 0 Å².